The first-order chi connectivity index (χ1) is 13.5. The molecule has 0 aliphatic heterocycles. The highest BCUT2D eigenvalue weighted by Crippen LogP contribution is 2.44. The Balaban J connectivity index is 2.21. The zero-order chi connectivity index (χ0) is 20.7. The van der Waals surface area contributed by atoms with Gasteiger partial charge in [0.25, 0.3) is 0 Å². The molecule has 162 valence electrons. The molecule has 0 N–H and O–H groups in total. The van der Waals surface area contributed by atoms with E-state index >= 15 is 0 Å². The van der Waals surface area contributed by atoms with Crippen LogP contribution in [0, 0.1) is 11.3 Å². The number of unbranched alkanes of at least 4 members (excludes halogenated alkanes) is 11. The fraction of sp³-hybridized carbons (Fsp3) is 0.815. The number of hydrogen-bond acceptors (Lipinski definition) is 1. The van der Waals surface area contributed by atoms with Gasteiger partial charge in [-0.15, -0.1) is 6.58 Å². The van der Waals surface area contributed by atoms with Gasteiger partial charge in [-0.2, -0.15) is 0 Å². The number of carbonyl (C=O) groups is 1. The van der Waals surface area contributed by atoms with Crippen LogP contribution in [0.1, 0.15) is 130 Å². The molecule has 0 spiro atoms. The van der Waals surface area contributed by atoms with Gasteiger partial charge in [0.2, 0.25) is 0 Å². The summed E-state index contributed by atoms with van der Waals surface area (Å²) < 4.78 is 0. The lowest BCUT2D eigenvalue weighted by molar-refractivity contribution is -0.126. The van der Waals surface area contributed by atoms with Gasteiger partial charge >= 0.3 is 0 Å². The van der Waals surface area contributed by atoms with Crippen LogP contribution in [-0.4, -0.2) is 5.78 Å². The van der Waals surface area contributed by atoms with E-state index in [1.54, 1.807) is 6.08 Å². The first-order valence-corrected chi connectivity index (χ1v) is 12.3. The molecular formula is C27H48O. The van der Waals surface area contributed by atoms with Crippen molar-refractivity contribution in [2.75, 3.05) is 0 Å². The second-order valence-electron chi connectivity index (χ2n) is 9.60. The van der Waals surface area contributed by atoms with Gasteiger partial charge in [0.15, 0.2) is 0 Å². The summed E-state index contributed by atoms with van der Waals surface area (Å²) in [7, 11) is 0. The maximum absolute atomic E-state index is 12.8. The third-order valence-corrected chi connectivity index (χ3v) is 6.93. The number of Topliss-reactive ketones (excluding diaryl/α,β-unsaturated/α-hetero) is 1. The Morgan fingerprint density at radius 1 is 1.04 bits per heavy atom. The van der Waals surface area contributed by atoms with Crippen molar-refractivity contribution in [3.63, 3.8) is 0 Å². The Labute approximate surface area is 176 Å². The molecule has 0 aromatic carbocycles. The Bertz CT molecular complexity index is 461. The molecular weight excluding hydrogens is 340 g/mol. The molecule has 0 fully saturated rings. The molecule has 1 nitrogen and oxygen atoms in total. The summed E-state index contributed by atoms with van der Waals surface area (Å²) in [6.07, 6.45) is 25.7. The van der Waals surface area contributed by atoms with Crippen LogP contribution in [0.15, 0.2) is 24.3 Å². The van der Waals surface area contributed by atoms with E-state index in [0.29, 0.717) is 12.2 Å². The van der Waals surface area contributed by atoms with Crippen LogP contribution >= 0.6 is 0 Å². The van der Waals surface area contributed by atoms with Gasteiger partial charge < -0.3 is 0 Å². The van der Waals surface area contributed by atoms with Crippen LogP contribution in [-0.2, 0) is 4.79 Å². The first-order valence-electron chi connectivity index (χ1n) is 12.3. The number of rotatable bonds is 17. The smallest absolute Gasteiger partial charge is 0.140 e. The van der Waals surface area contributed by atoms with E-state index in [0.717, 1.165) is 19.3 Å². The van der Waals surface area contributed by atoms with Crippen LogP contribution < -0.4 is 0 Å². The van der Waals surface area contributed by atoms with Crippen molar-refractivity contribution < 1.29 is 4.79 Å². The topological polar surface area (TPSA) is 17.1 Å². The summed E-state index contributed by atoms with van der Waals surface area (Å²) >= 11 is 0. The fourth-order valence-corrected chi connectivity index (χ4v) is 4.78. The molecule has 0 radical (unpaired) electrons. The van der Waals surface area contributed by atoms with E-state index in [1.165, 1.54) is 89.0 Å². The molecule has 2 atom stereocenters. The van der Waals surface area contributed by atoms with Crippen LogP contribution in [0.5, 0.6) is 0 Å². The van der Waals surface area contributed by atoms with Gasteiger partial charge in [-0.25, -0.2) is 0 Å². The molecule has 1 aliphatic rings. The highest BCUT2D eigenvalue weighted by Gasteiger charge is 2.38. The van der Waals surface area contributed by atoms with Crippen LogP contribution in [0.25, 0.3) is 0 Å². The highest BCUT2D eigenvalue weighted by molar-refractivity contribution is 5.83. The third-order valence-electron chi connectivity index (χ3n) is 6.93. The van der Waals surface area contributed by atoms with E-state index in [9.17, 15) is 4.79 Å². The van der Waals surface area contributed by atoms with Crippen LogP contribution in [0.2, 0.25) is 0 Å². The third kappa shape index (κ3) is 10.1. The molecule has 0 aromatic rings. The van der Waals surface area contributed by atoms with E-state index in [-0.39, 0.29) is 11.3 Å². The van der Waals surface area contributed by atoms with Crippen molar-refractivity contribution in [1.82, 2.24) is 0 Å². The van der Waals surface area contributed by atoms with E-state index in [4.69, 9.17) is 0 Å². The lowest BCUT2D eigenvalue weighted by Crippen LogP contribution is -2.34. The summed E-state index contributed by atoms with van der Waals surface area (Å²) in [5, 5.41) is 0. The molecule has 2 unspecified atom stereocenters. The minimum atomic E-state index is 0.164. The van der Waals surface area contributed by atoms with Gasteiger partial charge in [-0.1, -0.05) is 109 Å². The van der Waals surface area contributed by atoms with Crippen molar-refractivity contribution in [3.8, 4) is 0 Å². The first kappa shape index (κ1) is 25.2. The molecule has 1 rings (SSSR count). The summed E-state index contributed by atoms with van der Waals surface area (Å²) in [4.78, 5) is 12.8. The number of hydrogen-bond donors (Lipinski definition) is 0. The second-order valence-corrected chi connectivity index (χ2v) is 9.60. The average molecular weight is 389 g/mol. The van der Waals surface area contributed by atoms with Gasteiger partial charge in [-0.3, -0.25) is 4.79 Å². The zero-order valence-electron chi connectivity index (χ0n) is 19.4. The molecule has 0 saturated heterocycles. The SMILES string of the molecule is C=CCC(=O)C(CCCCCCCCCCCCCC)C1(C)CC=C(C)CC1. The predicted octanol–water partition coefficient (Wildman–Crippen LogP) is 8.98. The maximum atomic E-state index is 12.8. The summed E-state index contributed by atoms with van der Waals surface area (Å²) in [5.41, 5.74) is 1.66. The minimum absolute atomic E-state index is 0.164. The van der Waals surface area contributed by atoms with Gasteiger partial charge in [0.05, 0.1) is 0 Å². The number of allylic oxidation sites excluding steroid dienone is 3. The maximum Gasteiger partial charge on any atom is 0.140 e. The van der Waals surface area contributed by atoms with Crippen molar-refractivity contribution in [2.24, 2.45) is 11.3 Å². The second kappa shape index (κ2) is 15.1. The number of carbonyl (C=O) groups excluding carboxylic acids is 1. The predicted molar refractivity (Wildman–Crippen MR) is 125 cm³/mol. The zero-order valence-corrected chi connectivity index (χ0v) is 19.4. The Hall–Kier alpha value is -0.850. The minimum Gasteiger partial charge on any atom is -0.299 e. The Morgan fingerprint density at radius 3 is 2.04 bits per heavy atom. The normalized spacial score (nSPS) is 20.6. The molecule has 0 amide bonds. The van der Waals surface area contributed by atoms with Crippen molar-refractivity contribution in [2.45, 2.75) is 130 Å². The lowest BCUT2D eigenvalue weighted by atomic mass is 9.64. The Kier molecular flexibility index (Phi) is 13.5. The molecule has 1 aliphatic carbocycles. The van der Waals surface area contributed by atoms with E-state index < -0.39 is 0 Å². The molecule has 0 heterocycles. The monoisotopic (exact) mass is 388 g/mol. The van der Waals surface area contributed by atoms with Gasteiger partial charge in [-0.05, 0) is 38.0 Å². The molecule has 0 bridgehead atoms. The van der Waals surface area contributed by atoms with Crippen LogP contribution in [0.3, 0.4) is 0 Å². The van der Waals surface area contributed by atoms with E-state index in [1.807, 2.05) is 0 Å². The number of ketones is 1. The highest BCUT2D eigenvalue weighted by atomic mass is 16.1. The van der Waals surface area contributed by atoms with Crippen LogP contribution in [0.4, 0.5) is 0 Å². The van der Waals surface area contributed by atoms with Crippen molar-refractivity contribution in [1.29, 1.82) is 0 Å². The molecule has 0 saturated carbocycles. The molecule has 0 aromatic heterocycles. The Morgan fingerprint density at radius 2 is 1.57 bits per heavy atom. The largest absolute Gasteiger partial charge is 0.299 e. The van der Waals surface area contributed by atoms with Crippen molar-refractivity contribution in [3.05, 3.63) is 24.3 Å². The van der Waals surface area contributed by atoms with Gasteiger partial charge in [0, 0.05) is 12.3 Å². The average Bonchev–Trinajstić information content (AvgIpc) is 2.68. The summed E-state index contributed by atoms with van der Waals surface area (Å²) in [6.45, 7) is 10.7. The summed E-state index contributed by atoms with van der Waals surface area (Å²) in [6, 6.07) is 0. The van der Waals surface area contributed by atoms with Crippen molar-refractivity contribution >= 4 is 5.78 Å². The molecule has 1 heteroatoms. The van der Waals surface area contributed by atoms with E-state index in [2.05, 4.69) is 33.4 Å². The van der Waals surface area contributed by atoms with Gasteiger partial charge in [0.1, 0.15) is 5.78 Å². The quantitative estimate of drug-likeness (QED) is 0.179. The molecule has 28 heavy (non-hydrogen) atoms. The standard InChI is InChI=1S/C27H48O/c1-5-7-8-9-10-11-12-13-14-15-16-17-19-25(26(28)18-6-2)27(4)22-20-24(3)21-23-27/h6,20,25H,2,5,7-19,21-23H2,1,3-4H3. The summed E-state index contributed by atoms with van der Waals surface area (Å²) in [5.74, 6) is 0.645. The fourth-order valence-electron chi connectivity index (χ4n) is 4.78. The lowest BCUT2D eigenvalue weighted by Gasteiger charge is -2.39.